The van der Waals surface area contributed by atoms with Crippen LogP contribution in [0.25, 0.3) is 10.9 Å². The minimum Gasteiger partial charge on any atom is -0.465 e. The maximum absolute atomic E-state index is 11.0. The minimum atomic E-state index is -0.832. The topological polar surface area (TPSA) is 70.4 Å². The highest BCUT2D eigenvalue weighted by Gasteiger charge is 2.22. The molecule has 1 aliphatic heterocycles. The zero-order chi connectivity index (χ0) is 13.9. The Morgan fingerprint density at radius 1 is 1.45 bits per heavy atom. The number of nitrogens with zero attached hydrogens (tertiary/aromatic N) is 3. The number of benzene rings is 1. The molecule has 1 saturated heterocycles. The number of fused-ring (bicyclic) bond motifs is 1. The third-order valence-corrected chi connectivity index (χ3v) is 3.77. The second-order valence-corrected chi connectivity index (χ2v) is 5.09. The summed E-state index contributed by atoms with van der Waals surface area (Å²) in [6, 6.07) is 8.31. The molecular formula is C14H18N4O2. The fraction of sp³-hybridized carbons (Fsp3) is 0.429. The second-order valence-electron chi connectivity index (χ2n) is 5.09. The number of hydrogen-bond acceptors (Lipinski definition) is 3. The average molecular weight is 274 g/mol. The predicted octanol–water partition coefficient (Wildman–Crippen LogP) is 1.38. The van der Waals surface area contributed by atoms with Gasteiger partial charge < -0.3 is 15.3 Å². The Labute approximate surface area is 117 Å². The number of rotatable bonds is 3. The van der Waals surface area contributed by atoms with E-state index in [1.807, 2.05) is 29.1 Å². The Kier molecular flexibility index (Phi) is 3.56. The number of amides is 1. The van der Waals surface area contributed by atoms with Gasteiger partial charge in [0.05, 0.1) is 11.7 Å². The largest absolute Gasteiger partial charge is 0.465 e. The van der Waals surface area contributed by atoms with Gasteiger partial charge in [0.25, 0.3) is 0 Å². The summed E-state index contributed by atoms with van der Waals surface area (Å²) in [5.41, 5.74) is 1.12. The van der Waals surface area contributed by atoms with Gasteiger partial charge in [0.15, 0.2) is 0 Å². The van der Waals surface area contributed by atoms with Gasteiger partial charge in [-0.15, -0.1) is 0 Å². The monoisotopic (exact) mass is 274 g/mol. The maximum atomic E-state index is 11.0. The Bertz CT molecular complexity index is 610. The van der Waals surface area contributed by atoms with Crippen LogP contribution < -0.4 is 5.32 Å². The van der Waals surface area contributed by atoms with Gasteiger partial charge in [0.1, 0.15) is 0 Å². The van der Waals surface area contributed by atoms with E-state index in [0.717, 1.165) is 30.4 Å². The first-order chi connectivity index (χ1) is 9.74. The van der Waals surface area contributed by atoms with Crippen molar-refractivity contribution in [2.75, 3.05) is 19.6 Å². The molecule has 106 valence electrons. The summed E-state index contributed by atoms with van der Waals surface area (Å²) in [6.07, 6.45) is 1.91. The van der Waals surface area contributed by atoms with Crippen LogP contribution in [0.1, 0.15) is 6.42 Å². The Balaban J connectivity index is 1.63. The predicted molar refractivity (Wildman–Crippen MR) is 75.7 cm³/mol. The number of piperazine rings is 1. The summed E-state index contributed by atoms with van der Waals surface area (Å²) in [6.45, 7) is 2.63. The molecule has 0 radical (unpaired) electrons. The van der Waals surface area contributed by atoms with Crippen LogP contribution in [0.3, 0.4) is 0 Å². The van der Waals surface area contributed by atoms with Crippen LogP contribution in [0.4, 0.5) is 4.79 Å². The van der Waals surface area contributed by atoms with Gasteiger partial charge in [-0.1, -0.05) is 18.2 Å². The molecule has 20 heavy (non-hydrogen) atoms. The molecule has 0 bridgehead atoms. The van der Waals surface area contributed by atoms with Crippen molar-refractivity contribution in [1.29, 1.82) is 0 Å². The number of carboxylic acid groups (broad SMARTS) is 1. The van der Waals surface area contributed by atoms with E-state index >= 15 is 0 Å². The number of carbonyl (C=O) groups is 1. The first-order valence-corrected chi connectivity index (χ1v) is 6.86. The quantitative estimate of drug-likeness (QED) is 0.887. The van der Waals surface area contributed by atoms with Gasteiger partial charge in [-0.25, -0.2) is 4.79 Å². The van der Waals surface area contributed by atoms with Crippen LogP contribution in [0.15, 0.2) is 30.5 Å². The molecule has 6 heteroatoms. The van der Waals surface area contributed by atoms with E-state index in [1.165, 1.54) is 4.90 Å². The standard InChI is InChI=1S/C14H18N4O2/c19-14(20)17-8-6-15-12(10-17)5-7-18-13-4-2-1-3-11(13)9-16-18/h1-4,9,12,15H,5-8,10H2,(H,19,20)/t12-/m1/s1. The summed E-state index contributed by atoms with van der Waals surface area (Å²) in [5, 5.41) is 17.9. The lowest BCUT2D eigenvalue weighted by Crippen LogP contribution is -2.52. The number of aryl methyl sites for hydroxylation is 1. The van der Waals surface area contributed by atoms with Crippen LogP contribution in [0.2, 0.25) is 0 Å². The highest BCUT2D eigenvalue weighted by molar-refractivity contribution is 5.78. The number of aromatic nitrogens is 2. The summed E-state index contributed by atoms with van der Waals surface area (Å²) in [5.74, 6) is 0. The number of hydrogen-bond donors (Lipinski definition) is 2. The molecule has 3 rings (SSSR count). The molecule has 1 amide bonds. The van der Waals surface area contributed by atoms with Crippen molar-refractivity contribution in [3.63, 3.8) is 0 Å². The van der Waals surface area contributed by atoms with Crippen molar-refractivity contribution < 1.29 is 9.90 Å². The molecule has 1 fully saturated rings. The smallest absolute Gasteiger partial charge is 0.407 e. The van der Waals surface area contributed by atoms with Crippen LogP contribution in [-0.2, 0) is 6.54 Å². The Morgan fingerprint density at radius 2 is 2.30 bits per heavy atom. The molecule has 2 aromatic rings. The van der Waals surface area contributed by atoms with Crippen LogP contribution >= 0.6 is 0 Å². The van der Waals surface area contributed by atoms with E-state index in [9.17, 15) is 4.79 Å². The molecule has 1 aromatic heterocycles. The van der Waals surface area contributed by atoms with E-state index in [4.69, 9.17) is 5.11 Å². The van der Waals surface area contributed by atoms with Gasteiger partial charge in [0.2, 0.25) is 0 Å². The minimum absolute atomic E-state index is 0.197. The summed E-state index contributed by atoms with van der Waals surface area (Å²) >= 11 is 0. The molecule has 0 unspecified atom stereocenters. The highest BCUT2D eigenvalue weighted by Crippen LogP contribution is 2.14. The van der Waals surface area contributed by atoms with Crippen molar-refractivity contribution in [1.82, 2.24) is 20.0 Å². The Hall–Kier alpha value is -2.08. The lowest BCUT2D eigenvalue weighted by molar-refractivity contribution is 0.126. The SMILES string of the molecule is O=C(O)N1CCN[C@H](CCn2ncc3ccccc32)C1. The van der Waals surface area contributed by atoms with Gasteiger partial charge in [0, 0.05) is 37.6 Å². The van der Waals surface area contributed by atoms with Gasteiger partial charge >= 0.3 is 6.09 Å². The van der Waals surface area contributed by atoms with Crippen molar-refractivity contribution >= 4 is 17.0 Å². The van der Waals surface area contributed by atoms with E-state index in [-0.39, 0.29) is 6.04 Å². The molecule has 6 nitrogen and oxygen atoms in total. The normalized spacial score (nSPS) is 19.4. The first kappa shape index (κ1) is 12.9. The van der Waals surface area contributed by atoms with E-state index < -0.39 is 6.09 Å². The van der Waals surface area contributed by atoms with E-state index in [2.05, 4.69) is 16.5 Å². The average Bonchev–Trinajstić information content (AvgIpc) is 2.89. The van der Waals surface area contributed by atoms with Crippen LogP contribution in [0, 0.1) is 0 Å². The molecule has 0 saturated carbocycles. The van der Waals surface area contributed by atoms with Crippen molar-refractivity contribution in [2.24, 2.45) is 0 Å². The van der Waals surface area contributed by atoms with Gasteiger partial charge in [-0.05, 0) is 12.5 Å². The molecule has 0 aliphatic carbocycles. The van der Waals surface area contributed by atoms with Crippen molar-refractivity contribution in [3.05, 3.63) is 30.5 Å². The zero-order valence-corrected chi connectivity index (χ0v) is 11.2. The molecule has 1 atom stereocenters. The summed E-state index contributed by atoms with van der Waals surface area (Å²) in [4.78, 5) is 12.5. The van der Waals surface area contributed by atoms with Crippen molar-refractivity contribution in [3.8, 4) is 0 Å². The lowest BCUT2D eigenvalue weighted by atomic mass is 10.1. The fourth-order valence-corrected chi connectivity index (χ4v) is 2.67. The zero-order valence-electron chi connectivity index (χ0n) is 11.2. The fourth-order valence-electron chi connectivity index (χ4n) is 2.67. The van der Waals surface area contributed by atoms with E-state index in [0.29, 0.717) is 13.1 Å². The van der Waals surface area contributed by atoms with Crippen molar-refractivity contribution in [2.45, 2.75) is 19.0 Å². The third-order valence-electron chi connectivity index (χ3n) is 3.77. The molecular weight excluding hydrogens is 256 g/mol. The molecule has 1 aromatic carbocycles. The molecule has 1 aliphatic rings. The van der Waals surface area contributed by atoms with Gasteiger partial charge in [-0.3, -0.25) is 4.68 Å². The summed E-state index contributed by atoms with van der Waals surface area (Å²) < 4.78 is 1.98. The highest BCUT2D eigenvalue weighted by atomic mass is 16.4. The number of nitrogens with one attached hydrogen (secondary N) is 1. The van der Waals surface area contributed by atoms with Gasteiger partial charge in [-0.2, -0.15) is 5.10 Å². The van der Waals surface area contributed by atoms with E-state index in [1.54, 1.807) is 0 Å². The number of para-hydroxylation sites is 1. The lowest BCUT2D eigenvalue weighted by Gasteiger charge is -2.31. The molecule has 2 heterocycles. The van der Waals surface area contributed by atoms with Crippen LogP contribution in [-0.4, -0.2) is 51.6 Å². The third kappa shape index (κ3) is 2.60. The summed E-state index contributed by atoms with van der Waals surface area (Å²) in [7, 11) is 0. The second kappa shape index (κ2) is 5.50. The first-order valence-electron chi connectivity index (χ1n) is 6.86. The Morgan fingerprint density at radius 3 is 3.15 bits per heavy atom. The molecule has 0 spiro atoms. The molecule has 2 N–H and O–H groups in total. The van der Waals surface area contributed by atoms with Crippen LogP contribution in [0.5, 0.6) is 0 Å². The maximum Gasteiger partial charge on any atom is 0.407 e.